The normalized spacial score (nSPS) is 15.7. The summed E-state index contributed by atoms with van der Waals surface area (Å²) in [6.45, 7) is 2.32. The Morgan fingerprint density at radius 2 is 2.00 bits per heavy atom. The number of nitrogens with one attached hydrogen (secondary N) is 2. The Kier molecular flexibility index (Phi) is 4.76. The van der Waals surface area contributed by atoms with Gasteiger partial charge in [0.05, 0.1) is 11.3 Å². The Labute approximate surface area is 110 Å². The Balaban J connectivity index is 1.62. The van der Waals surface area contributed by atoms with Crippen LogP contribution in [0, 0.1) is 0 Å². The molecule has 1 aromatic rings. The van der Waals surface area contributed by atoms with E-state index in [4.69, 9.17) is 0 Å². The smallest absolute Gasteiger partial charge is 0.314 e. The fraction of sp³-hybridized carbons (Fsp3) is 0.615. The minimum atomic E-state index is -4.31. The predicted octanol–water partition coefficient (Wildman–Crippen LogP) is 2.33. The van der Waals surface area contributed by atoms with Crippen LogP contribution in [0.3, 0.4) is 0 Å². The molecule has 0 atom stereocenters. The minimum absolute atomic E-state index is 0.502. The first-order valence-electron chi connectivity index (χ1n) is 6.52. The zero-order chi connectivity index (χ0) is 13.7. The average molecular weight is 273 g/mol. The maximum absolute atomic E-state index is 12.3. The Bertz CT molecular complexity index is 385. The molecule has 19 heavy (non-hydrogen) atoms. The summed E-state index contributed by atoms with van der Waals surface area (Å²) in [5.41, 5.74) is -0.0759. The lowest BCUT2D eigenvalue weighted by atomic mass is 10.2. The number of aromatic nitrogens is 1. The molecule has 1 aliphatic rings. The topological polar surface area (TPSA) is 37.0 Å². The number of halogens is 3. The second-order valence-corrected chi connectivity index (χ2v) is 4.79. The molecule has 106 valence electrons. The van der Waals surface area contributed by atoms with Crippen LogP contribution in [-0.4, -0.2) is 24.1 Å². The predicted molar refractivity (Wildman–Crippen MR) is 66.6 cm³/mol. The molecule has 2 N–H and O–H groups in total. The second-order valence-electron chi connectivity index (χ2n) is 4.79. The molecule has 1 fully saturated rings. The third-order valence-corrected chi connectivity index (χ3v) is 3.00. The van der Waals surface area contributed by atoms with E-state index in [0.29, 0.717) is 12.2 Å². The maximum Gasteiger partial charge on any atom is 0.417 e. The monoisotopic (exact) mass is 273 g/mol. The van der Waals surface area contributed by atoms with Gasteiger partial charge in [-0.05, 0) is 44.5 Å². The van der Waals surface area contributed by atoms with E-state index in [1.54, 1.807) is 0 Å². The minimum Gasteiger partial charge on any atom is -0.314 e. The highest BCUT2D eigenvalue weighted by Crippen LogP contribution is 2.28. The maximum atomic E-state index is 12.3. The summed E-state index contributed by atoms with van der Waals surface area (Å²) < 4.78 is 37.0. The highest BCUT2D eigenvalue weighted by atomic mass is 19.4. The van der Waals surface area contributed by atoms with Crippen molar-refractivity contribution in [1.82, 2.24) is 15.6 Å². The van der Waals surface area contributed by atoms with Crippen LogP contribution in [0.25, 0.3) is 0 Å². The highest BCUT2D eigenvalue weighted by molar-refractivity contribution is 5.16. The first-order valence-corrected chi connectivity index (χ1v) is 6.52. The fourth-order valence-electron chi connectivity index (χ4n) is 1.72. The zero-order valence-electron chi connectivity index (χ0n) is 10.6. The van der Waals surface area contributed by atoms with Gasteiger partial charge >= 0.3 is 6.18 Å². The molecule has 1 aromatic heterocycles. The quantitative estimate of drug-likeness (QED) is 0.749. The summed E-state index contributed by atoms with van der Waals surface area (Å²) >= 11 is 0. The van der Waals surface area contributed by atoms with Crippen LogP contribution in [0.5, 0.6) is 0 Å². The zero-order valence-corrected chi connectivity index (χ0v) is 10.6. The van der Waals surface area contributed by atoms with Crippen molar-refractivity contribution in [3.8, 4) is 0 Å². The van der Waals surface area contributed by atoms with Gasteiger partial charge in [-0.3, -0.25) is 4.98 Å². The van der Waals surface area contributed by atoms with Gasteiger partial charge in [0.15, 0.2) is 0 Å². The van der Waals surface area contributed by atoms with Gasteiger partial charge in [0.25, 0.3) is 0 Å². The van der Waals surface area contributed by atoms with E-state index in [-0.39, 0.29) is 0 Å². The number of rotatable bonds is 7. The molecule has 0 radical (unpaired) electrons. The lowest BCUT2D eigenvalue weighted by molar-refractivity contribution is -0.137. The molecular weight excluding hydrogens is 255 g/mol. The standard InChI is InChI=1S/C13H18F3N3/c14-13(15,16)10-2-3-12(19-8-10)9-17-6-1-7-18-11-4-5-11/h2-3,8,11,17-18H,1,4-7,9H2. The Morgan fingerprint density at radius 3 is 2.58 bits per heavy atom. The molecule has 1 heterocycles. The fourth-order valence-corrected chi connectivity index (χ4v) is 1.72. The molecular formula is C13H18F3N3. The molecule has 6 heteroatoms. The molecule has 1 aliphatic carbocycles. The molecule has 0 unspecified atom stereocenters. The van der Waals surface area contributed by atoms with E-state index in [9.17, 15) is 13.2 Å². The van der Waals surface area contributed by atoms with Gasteiger partial charge < -0.3 is 10.6 Å². The number of nitrogens with zero attached hydrogens (tertiary/aromatic N) is 1. The van der Waals surface area contributed by atoms with Crippen LogP contribution in [0.1, 0.15) is 30.5 Å². The van der Waals surface area contributed by atoms with E-state index in [1.165, 1.54) is 18.9 Å². The third-order valence-electron chi connectivity index (χ3n) is 3.00. The molecule has 0 aromatic carbocycles. The van der Waals surface area contributed by atoms with Gasteiger partial charge in [0, 0.05) is 18.8 Å². The van der Waals surface area contributed by atoms with Crippen molar-refractivity contribution in [2.45, 2.75) is 38.0 Å². The third kappa shape index (κ3) is 5.16. The molecule has 0 bridgehead atoms. The van der Waals surface area contributed by atoms with E-state index in [1.807, 2.05) is 0 Å². The van der Waals surface area contributed by atoms with Crippen molar-refractivity contribution in [2.75, 3.05) is 13.1 Å². The second kappa shape index (κ2) is 6.34. The van der Waals surface area contributed by atoms with Gasteiger partial charge in [0.2, 0.25) is 0 Å². The first kappa shape index (κ1) is 14.3. The average Bonchev–Trinajstić information content (AvgIpc) is 3.17. The van der Waals surface area contributed by atoms with Crippen LogP contribution in [0.2, 0.25) is 0 Å². The number of hydrogen-bond donors (Lipinski definition) is 2. The molecule has 0 saturated heterocycles. The van der Waals surface area contributed by atoms with Crippen molar-refractivity contribution < 1.29 is 13.2 Å². The number of pyridine rings is 1. The number of alkyl halides is 3. The Hall–Kier alpha value is -1.14. The summed E-state index contributed by atoms with van der Waals surface area (Å²) in [5, 5.41) is 6.57. The Morgan fingerprint density at radius 1 is 1.21 bits per heavy atom. The van der Waals surface area contributed by atoms with Gasteiger partial charge in [-0.25, -0.2) is 0 Å². The summed E-state index contributed by atoms with van der Waals surface area (Å²) in [4.78, 5) is 3.80. The van der Waals surface area contributed by atoms with Gasteiger partial charge in [-0.2, -0.15) is 13.2 Å². The van der Waals surface area contributed by atoms with Gasteiger partial charge in [-0.15, -0.1) is 0 Å². The van der Waals surface area contributed by atoms with Crippen LogP contribution < -0.4 is 10.6 Å². The SMILES string of the molecule is FC(F)(F)c1ccc(CNCCCNC2CC2)nc1. The lowest BCUT2D eigenvalue weighted by Gasteiger charge is -2.08. The largest absolute Gasteiger partial charge is 0.417 e. The van der Waals surface area contributed by atoms with Gasteiger partial charge in [0.1, 0.15) is 0 Å². The number of hydrogen-bond acceptors (Lipinski definition) is 3. The lowest BCUT2D eigenvalue weighted by Crippen LogP contribution is -2.23. The van der Waals surface area contributed by atoms with Crippen molar-refractivity contribution in [2.24, 2.45) is 0 Å². The summed E-state index contributed by atoms with van der Waals surface area (Å²) in [7, 11) is 0. The van der Waals surface area contributed by atoms with Crippen molar-refractivity contribution in [3.05, 3.63) is 29.6 Å². The van der Waals surface area contributed by atoms with Crippen LogP contribution in [-0.2, 0) is 12.7 Å². The van der Waals surface area contributed by atoms with E-state index >= 15 is 0 Å². The summed E-state index contributed by atoms with van der Waals surface area (Å²) in [6, 6.07) is 3.20. The van der Waals surface area contributed by atoms with Crippen LogP contribution >= 0.6 is 0 Å². The summed E-state index contributed by atoms with van der Waals surface area (Å²) in [5.74, 6) is 0. The van der Waals surface area contributed by atoms with Crippen molar-refractivity contribution in [3.63, 3.8) is 0 Å². The first-order chi connectivity index (χ1) is 9.05. The molecule has 0 amide bonds. The van der Waals surface area contributed by atoms with E-state index in [0.717, 1.165) is 37.8 Å². The van der Waals surface area contributed by atoms with Crippen molar-refractivity contribution >= 4 is 0 Å². The highest BCUT2D eigenvalue weighted by Gasteiger charge is 2.30. The molecule has 1 saturated carbocycles. The van der Waals surface area contributed by atoms with Crippen LogP contribution in [0.4, 0.5) is 13.2 Å². The molecule has 2 rings (SSSR count). The van der Waals surface area contributed by atoms with Crippen molar-refractivity contribution in [1.29, 1.82) is 0 Å². The molecule has 3 nitrogen and oxygen atoms in total. The van der Waals surface area contributed by atoms with E-state index in [2.05, 4.69) is 15.6 Å². The molecule has 0 spiro atoms. The van der Waals surface area contributed by atoms with E-state index < -0.39 is 11.7 Å². The molecule has 0 aliphatic heterocycles. The van der Waals surface area contributed by atoms with Gasteiger partial charge in [-0.1, -0.05) is 0 Å². The van der Waals surface area contributed by atoms with Crippen LogP contribution in [0.15, 0.2) is 18.3 Å². The summed E-state index contributed by atoms with van der Waals surface area (Å²) in [6.07, 6.45) is 0.141.